The first-order valence-electron chi connectivity index (χ1n) is 5.85. The average Bonchev–Trinajstić information content (AvgIpc) is 2.62. The molecule has 1 atom stereocenters. The van der Waals surface area contributed by atoms with Crippen LogP contribution in [0.15, 0.2) is 16.4 Å². The van der Waals surface area contributed by atoms with E-state index in [1.54, 1.807) is 23.1 Å². The van der Waals surface area contributed by atoms with Crippen LogP contribution in [0.3, 0.4) is 0 Å². The van der Waals surface area contributed by atoms with Crippen molar-refractivity contribution in [2.24, 2.45) is 0 Å². The third-order valence-electron chi connectivity index (χ3n) is 2.93. The van der Waals surface area contributed by atoms with Gasteiger partial charge in [-0.3, -0.25) is 4.79 Å². The Labute approximate surface area is 125 Å². The number of thioether (sulfide) groups is 1. The zero-order valence-corrected chi connectivity index (χ0v) is 13.4. The van der Waals surface area contributed by atoms with Crippen molar-refractivity contribution in [2.75, 3.05) is 5.75 Å². The van der Waals surface area contributed by atoms with Gasteiger partial charge in [0.15, 0.2) is 0 Å². The predicted molar refractivity (Wildman–Crippen MR) is 85.6 cm³/mol. The Morgan fingerprint density at radius 3 is 2.89 bits per heavy atom. The molecule has 0 spiro atoms. The molecule has 19 heavy (non-hydrogen) atoms. The number of thiophene rings is 1. The van der Waals surface area contributed by atoms with Crippen LogP contribution in [-0.4, -0.2) is 15.7 Å². The van der Waals surface area contributed by atoms with Crippen LogP contribution in [0, 0.1) is 13.8 Å². The van der Waals surface area contributed by atoms with Crippen LogP contribution in [0.5, 0.6) is 0 Å². The van der Waals surface area contributed by atoms with Crippen LogP contribution in [0.1, 0.15) is 28.4 Å². The predicted octanol–water partition coefficient (Wildman–Crippen LogP) is 4.15. The topological polar surface area (TPSA) is 45.8 Å². The lowest BCUT2D eigenvalue weighted by Gasteiger charge is -2.09. The van der Waals surface area contributed by atoms with Gasteiger partial charge in [-0.1, -0.05) is 18.2 Å². The Morgan fingerprint density at radius 1 is 1.58 bits per heavy atom. The zero-order valence-electron chi connectivity index (χ0n) is 11.0. The van der Waals surface area contributed by atoms with Crippen molar-refractivity contribution in [3.05, 3.63) is 38.2 Å². The van der Waals surface area contributed by atoms with E-state index in [-0.39, 0.29) is 10.8 Å². The molecule has 2 aromatic heterocycles. The summed E-state index contributed by atoms with van der Waals surface area (Å²) in [7, 11) is 0. The number of nitrogens with zero attached hydrogens (tertiary/aromatic N) is 1. The van der Waals surface area contributed by atoms with Gasteiger partial charge in [0, 0.05) is 15.7 Å². The molecule has 0 saturated heterocycles. The molecule has 0 aliphatic heterocycles. The highest BCUT2D eigenvalue weighted by Gasteiger charge is 2.15. The highest BCUT2D eigenvalue weighted by atomic mass is 35.5. The largest absolute Gasteiger partial charge is 0.309 e. The van der Waals surface area contributed by atoms with Gasteiger partial charge >= 0.3 is 0 Å². The number of aromatic nitrogens is 2. The number of hydrogen-bond acceptors (Lipinski definition) is 4. The van der Waals surface area contributed by atoms with Gasteiger partial charge in [0.1, 0.15) is 10.7 Å². The number of nitrogens with one attached hydrogen (secondary N) is 1. The summed E-state index contributed by atoms with van der Waals surface area (Å²) in [6.07, 6.45) is 0. The molecule has 0 saturated carbocycles. The minimum Gasteiger partial charge on any atom is -0.309 e. The molecule has 1 N–H and O–H groups in total. The number of aryl methyl sites for hydroxylation is 2. The van der Waals surface area contributed by atoms with Crippen molar-refractivity contribution < 1.29 is 0 Å². The second-order valence-electron chi connectivity index (χ2n) is 4.39. The second kappa shape index (κ2) is 5.69. The van der Waals surface area contributed by atoms with Gasteiger partial charge in [0.2, 0.25) is 0 Å². The van der Waals surface area contributed by atoms with E-state index in [0.717, 1.165) is 15.3 Å². The molecular formula is C13H15ClN2OS2. The Hall–Kier alpha value is -0.780. The Bertz CT molecular complexity index is 690. The number of fused-ring (bicyclic) bond motifs is 1. The van der Waals surface area contributed by atoms with Gasteiger partial charge < -0.3 is 4.98 Å². The first kappa shape index (κ1) is 14.6. The van der Waals surface area contributed by atoms with Gasteiger partial charge in [-0.15, -0.1) is 23.1 Å². The van der Waals surface area contributed by atoms with Crippen molar-refractivity contribution in [1.82, 2.24) is 9.97 Å². The van der Waals surface area contributed by atoms with E-state index in [0.29, 0.717) is 22.0 Å². The van der Waals surface area contributed by atoms with E-state index in [9.17, 15) is 4.79 Å². The fourth-order valence-electron chi connectivity index (χ4n) is 1.76. The van der Waals surface area contributed by atoms with Crippen molar-refractivity contribution >= 4 is 44.9 Å². The maximum Gasteiger partial charge on any atom is 0.259 e. The van der Waals surface area contributed by atoms with Crippen LogP contribution in [0.25, 0.3) is 10.2 Å². The van der Waals surface area contributed by atoms with E-state index < -0.39 is 0 Å². The van der Waals surface area contributed by atoms with Crippen LogP contribution < -0.4 is 5.56 Å². The van der Waals surface area contributed by atoms with Crippen molar-refractivity contribution in [3.63, 3.8) is 0 Å². The normalized spacial score (nSPS) is 12.8. The molecule has 0 fully saturated rings. The highest BCUT2D eigenvalue weighted by Crippen LogP contribution is 2.30. The second-order valence-corrected chi connectivity index (χ2v) is 7.45. The standard InChI is InChI=1S/C13H15ClN2OS2/c1-6(14)5-18-9(4)11-15-12(17)10-7(2)8(3)19-13(10)16-11/h9H,1,5H2,2-4H3,(H,15,16,17)/t9-/m0/s1. The zero-order chi connectivity index (χ0) is 14.2. The lowest BCUT2D eigenvalue weighted by atomic mass is 10.2. The van der Waals surface area contributed by atoms with E-state index in [2.05, 4.69) is 16.5 Å². The van der Waals surface area contributed by atoms with E-state index >= 15 is 0 Å². The van der Waals surface area contributed by atoms with Crippen molar-refractivity contribution in [2.45, 2.75) is 26.0 Å². The third-order valence-corrected chi connectivity index (χ3v) is 5.56. The summed E-state index contributed by atoms with van der Waals surface area (Å²) in [5.41, 5.74) is 0.966. The molecule has 0 amide bonds. The summed E-state index contributed by atoms with van der Waals surface area (Å²) in [6.45, 7) is 9.63. The van der Waals surface area contributed by atoms with Gasteiger partial charge in [0.25, 0.3) is 5.56 Å². The minimum absolute atomic E-state index is 0.0565. The average molecular weight is 315 g/mol. The van der Waals surface area contributed by atoms with Crippen molar-refractivity contribution in [3.8, 4) is 0 Å². The van der Waals surface area contributed by atoms with Crippen LogP contribution in [0.2, 0.25) is 0 Å². The molecule has 0 aromatic carbocycles. The minimum atomic E-state index is -0.0565. The van der Waals surface area contributed by atoms with Crippen LogP contribution in [0.4, 0.5) is 0 Å². The molecule has 102 valence electrons. The smallest absolute Gasteiger partial charge is 0.259 e. The molecule has 0 radical (unpaired) electrons. The Kier molecular flexibility index (Phi) is 4.38. The molecule has 3 nitrogen and oxygen atoms in total. The molecule has 0 aliphatic carbocycles. The van der Waals surface area contributed by atoms with Gasteiger partial charge in [-0.2, -0.15) is 0 Å². The molecule has 2 rings (SSSR count). The summed E-state index contributed by atoms with van der Waals surface area (Å²) >= 11 is 8.93. The molecule has 2 heterocycles. The van der Waals surface area contributed by atoms with Gasteiger partial charge in [-0.25, -0.2) is 4.98 Å². The molecule has 6 heteroatoms. The number of halogens is 1. The highest BCUT2D eigenvalue weighted by molar-refractivity contribution is 7.99. The van der Waals surface area contributed by atoms with Crippen LogP contribution >= 0.6 is 34.7 Å². The lowest BCUT2D eigenvalue weighted by molar-refractivity contribution is 0.926. The Morgan fingerprint density at radius 2 is 2.26 bits per heavy atom. The molecule has 0 aliphatic rings. The lowest BCUT2D eigenvalue weighted by Crippen LogP contribution is -2.12. The first-order chi connectivity index (χ1) is 8.90. The van der Waals surface area contributed by atoms with E-state index in [1.807, 2.05) is 20.8 Å². The third kappa shape index (κ3) is 3.04. The number of hydrogen-bond donors (Lipinski definition) is 1. The summed E-state index contributed by atoms with van der Waals surface area (Å²) in [4.78, 5) is 21.5. The summed E-state index contributed by atoms with van der Waals surface area (Å²) in [6, 6.07) is 0. The maximum absolute atomic E-state index is 12.1. The fraction of sp³-hybridized carbons (Fsp3) is 0.385. The summed E-state index contributed by atoms with van der Waals surface area (Å²) < 4.78 is 0. The number of aromatic amines is 1. The summed E-state index contributed by atoms with van der Waals surface area (Å²) in [5, 5.41) is 1.39. The number of rotatable bonds is 4. The first-order valence-corrected chi connectivity index (χ1v) is 8.09. The quantitative estimate of drug-likeness (QED) is 0.922. The van der Waals surface area contributed by atoms with Gasteiger partial charge in [0.05, 0.1) is 10.6 Å². The monoisotopic (exact) mass is 314 g/mol. The Balaban J connectivity index is 2.41. The molecule has 2 aromatic rings. The van der Waals surface area contributed by atoms with Crippen LogP contribution in [-0.2, 0) is 0 Å². The molecular weight excluding hydrogens is 300 g/mol. The summed E-state index contributed by atoms with van der Waals surface area (Å²) in [5.74, 6) is 1.34. The molecule has 0 bridgehead atoms. The van der Waals surface area contributed by atoms with E-state index in [1.165, 1.54) is 0 Å². The van der Waals surface area contributed by atoms with Gasteiger partial charge in [-0.05, 0) is 26.3 Å². The fourth-order valence-corrected chi connectivity index (χ4v) is 3.68. The van der Waals surface area contributed by atoms with E-state index in [4.69, 9.17) is 11.6 Å². The van der Waals surface area contributed by atoms with Crippen molar-refractivity contribution in [1.29, 1.82) is 0 Å². The maximum atomic E-state index is 12.1. The number of H-pyrrole nitrogens is 1. The molecule has 0 unspecified atom stereocenters. The SMILES string of the molecule is C=C(Cl)CS[C@@H](C)c1nc2sc(C)c(C)c2c(=O)[nH]1.